The van der Waals surface area contributed by atoms with Crippen LogP contribution in [0.3, 0.4) is 0 Å². The topological polar surface area (TPSA) is 98.1 Å². The molecule has 24 heavy (non-hydrogen) atoms. The molecule has 0 aliphatic carbocycles. The number of methoxy groups -OCH3 is 1. The Kier molecular flexibility index (Phi) is 6.19. The number of carbonyl (C=O) groups is 2. The van der Waals surface area contributed by atoms with Gasteiger partial charge in [0.1, 0.15) is 5.75 Å². The van der Waals surface area contributed by atoms with Crippen LogP contribution < -0.4 is 15.4 Å². The van der Waals surface area contributed by atoms with Crippen LogP contribution in [0.4, 0.5) is 0 Å². The van der Waals surface area contributed by atoms with Gasteiger partial charge in [-0.05, 0) is 12.1 Å². The zero-order valence-corrected chi connectivity index (χ0v) is 14.5. The van der Waals surface area contributed by atoms with Crippen LogP contribution in [0.5, 0.6) is 5.75 Å². The number of thioether (sulfide) groups is 1. The summed E-state index contributed by atoms with van der Waals surface area (Å²) in [5, 5.41) is 13.9. The molecule has 2 N–H and O–H groups in total. The summed E-state index contributed by atoms with van der Waals surface area (Å²) in [6, 6.07) is 7.52. The van der Waals surface area contributed by atoms with Crippen molar-refractivity contribution in [2.45, 2.75) is 5.16 Å². The number of aromatic nitrogens is 3. The lowest BCUT2D eigenvalue weighted by Crippen LogP contribution is -2.36. The number of likely N-dealkylation sites (N-methyl/N-ethyl adjacent to an activating group) is 1. The van der Waals surface area contributed by atoms with E-state index in [1.54, 1.807) is 11.7 Å². The van der Waals surface area contributed by atoms with Crippen molar-refractivity contribution in [3.63, 3.8) is 0 Å². The molecule has 0 radical (unpaired) electrons. The zero-order valence-electron chi connectivity index (χ0n) is 13.7. The molecule has 1 aromatic heterocycles. The minimum Gasteiger partial charge on any atom is -0.496 e. The van der Waals surface area contributed by atoms with Gasteiger partial charge in [-0.3, -0.25) is 9.59 Å². The molecule has 2 aromatic rings. The monoisotopic (exact) mass is 349 g/mol. The predicted octanol–water partition coefficient (Wildman–Crippen LogP) is 0.445. The SMILES string of the molecule is CNC(=O)CNC(=O)CSc1nnc(-c2ccccc2OC)n1C. The molecule has 2 rings (SSSR count). The van der Waals surface area contributed by atoms with Gasteiger partial charge in [0.25, 0.3) is 0 Å². The van der Waals surface area contributed by atoms with Crippen LogP contribution in [-0.4, -0.2) is 53.0 Å². The van der Waals surface area contributed by atoms with Gasteiger partial charge < -0.3 is 19.9 Å². The second-order valence-corrected chi connectivity index (χ2v) is 5.75. The van der Waals surface area contributed by atoms with Crippen LogP contribution in [0.25, 0.3) is 11.4 Å². The number of carbonyl (C=O) groups excluding carboxylic acids is 2. The summed E-state index contributed by atoms with van der Waals surface area (Å²) < 4.78 is 7.14. The third-order valence-electron chi connectivity index (χ3n) is 3.24. The number of nitrogens with zero attached hydrogens (tertiary/aromatic N) is 3. The Morgan fingerprint density at radius 1 is 1.25 bits per heavy atom. The average molecular weight is 349 g/mol. The molecule has 8 nitrogen and oxygen atoms in total. The molecule has 0 unspecified atom stereocenters. The first-order valence-electron chi connectivity index (χ1n) is 7.19. The molecule has 0 bridgehead atoms. The van der Waals surface area contributed by atoms with Gasteiger partial charge in [0, 0.05) is 14.1 Å². The fraction of sp³-hybridized carbons (Fsp3) is 0.333. The number of hydrogen-bond donors (Lipinski definition) is 2. The summed E-state index contributed by atoms with van der Waals surface area (Å²) in [5.41, 5.74) is 0.825. The molecule has 0 spiro atoms. The minimum atomic E-state index is -0.245. The first-order valence-corrected chi connectivity index (χ1v) is 8.18. The number of benzene rings is 1. The van der Waals surface area contributed by atoms with E-state index in [9.17, 15) is 9.59 Å². The lowest BCUT2D eigenvalue weighted by Gasteiger charge is -2.08. The van der Waals surface area contributed by atoms with E-state index in [0.717, 1.165) is 5.56 Å². The van der Waals surface area contributed by atoms with Gasteiger partial charge in [-0.25, -0.2) is 0 Å². The molecule has 128 valence electrons. The van der Waals surface area contributed by atoms with Gasteiger partial charge in [0.2, 0.25) is 11.8 Å². The molecule has 0 aliphatic heterocycles. The summed E-state index contributed by atoms with van der Waals surface area (Å²) >= 11 is 1.25. The summed E-state index contributed by atoms with van der Waals surface area (Å²) in [7, 11) is 4.94. The molecule has 0 saturated carbocycles. The molecule has 0 saturated heterocycles. The molecule has 9 heteroatoms. The van der Waals surface area contributed by atoms with Crippen molar-refractivity contribution in [3.8, 4) is 17.1 Å². The summed E-state index contributed by atoms with van der Waals surface area (Å²) in [5.74, 6) is 1.01. The highest BCUT2D eigenvalue weighted by molar-refractivity contribution is 7.99. The van der Waals surface area contributed by atoms with Crippen LogP contribution in [0.15, 0.2) is 29.4 Å². The van der Waals surface area contributed by atoms with E-state index in [1.165, 1.54) is 18.8 Å². The minimum absolute atomic E-state index is 0.0405. The quantitative estimate of drug-likeness (QED) is 0.704. The molecule has 0 atom stereocenters. The molecular weight excluding hydrogens is 330 g/mol. The van der Waals surface area contributed by atoms with Gasteiger partial charge in [0.05, 0.1) is 25.0 Å². The standard InChI is InChI=1S/C15H19N5O3S/c1-16-12(21)8-17-13(22)9-24-15-19-18-14(20(15)2)10-6-4-5-7-11(10)23-3/h4-7H,8-9H2,1-3H3,(H,16,21)(H,17,22). The average Bonchev–Trinajstić information content (AvgIpc) is 2.98. The van der Waals surface area contributed by atoms with Crippen LogP contribution in [0.1, 0.15) is 0 Å². The van der Waals surface area contributed by atoms with Crippen molar-refractivity contribution in [3.05, 3.63) is 24.3 Å². The van der Waals surface area contributed by atoms with Crippen LogP contribution in [0.2, 0.25) is 0 Å². The summed E-state index contributed by atoms with van der Waals surface area (Å²) in [6.07, 6.45) is 0. The van der Waals surface area contributed by atoms with Crippen molar-refractivity contribution in [1.82, 2.24) is 25.4 Å². The maximum atomic E-state index is 11.7. The van der Waals surface area contributed by atoms with Crippen LogP contribution in [-0.2, 0) is 16.6 Å². The van der Waals surface area contributed by atoms with Crippen molar-refractivity contribution in [1.29, 1.82) is 0 Å². The Bertz CT molecular complexity index is 732. The molecular formula is C15H19N5O3S. The molecule has 2 amide bonds. The summed E-state index contributed by atoms with van der Waals surface area (Å²) in [4.78, 5) is 22.8. The Labute approximate surface area is 144 Å². The number of amides is 2. The fourth-order valence-corrected chi connectivity index (χ4v) is 2.69. The molecule has 1 heterocycles. The van der Waals surface area contributed by atoms with E-state index in [0.29, 0.717) is 16.7 Å². The van der Waals surface area contributed by atoms with E-state index in [1.807, 2.05) is 31.3 Å². The number of hydrogen-bond acceptors (Lipinski definition) is 6. The zero-order chi connectivity index (χ0) is 17.5. The second kappa shape index (κ2) is 8.34. The Morgan fingerprint density at radius 3 is 2.71 bits per heavy atom. The molecule has 1 aromatic carbocycles. The highest BCUT2D eigenvalue weighted by Crippen LogP contribution is 2.29. The van der Waals surface area contributed by atoms with Gasteiger partial charge >= 0.3 is 0 Å². The van der Waals surface area contributed by atoms with E-state index >= 15 is 0 Å². The van der Waals surface area contributed by atoms with Crippen molar-refractivity contribution in [2.24, 2.45) is 7.05 Å². The smallest absolute Gasteiger partial charge is 0.239 e. The van der Waals surface area contributed by atoms with E-state index in [4.69, 9.17) is 4.74 Å². The summed E-state index contributed by atoms with van der Waals surface area (Å²) in [6.45, 7) is -0.0405. The highest BCUT2D eigenvalue weighted by Gasteiger charge is 2.15. The van der Waals surface area contributed by atoms with E-state index < -0.39 is 0 Å². The normalized spacial score (nSPS) is 10.3. The third kappa shape index (κ3) is 4.25. The highest BCUT2D eigenvalue weighted by atomic mass is 32.2. The maximum absolute atomic E-state index is 11.7. The predicted molar refractivity (Wildman–Crippen MR) is 90.8 cm³/mol. The first-order chi connectivity index (χ1) is 11.6. The molecule has 0 aliphatic rings. The van der Waals surface area contributed by atoms with Gasteiger partial charge in [-0.2, -0.15) is 0 Å². The Balaban J connectivity index is 2.03. The van der Waals surface area contributed by atoms with Crippen LogP contribution in [0, 0.1) is 0 Å². The maximum Gasteiger partial charge on any atom is 0.239 e. The lowest BCUT2D eigenvalue weighted by molar-refractivity contribution is -0.124. The van der Waals surface area contributed by atoms with E-state index in [2.05, 4.69) is 20.8 Å². The van der Waals surface area contributed by atoms with E-state index in [-0.39, 0.29) is 24.1 Å². The lowest BCUT2D eigenvalue weighted by atomic mass is 10.2. The number of nitrogens with one attached hydrogen (secondary N) is 2. The number of rotatable bonds is 7. The fourth-order valence-electron chi connectivity index (χ4n) is 1.95. The van der Waals surface area contributed by atoms with Gasteiger partial charge in [0.15, 0.2) is 11.0 Å². The Hall–Kier alpha value is -2.55. The van der Waals surface area contributed by atoms with Crippen molar-refractivity contribution in [2.75, 3.05) is 26.5 Å². The van der Waals surface area contributed by atoms with Crippen molar-refractivity contribution >= 4 is 23.6 Å². The largest absolute Gasteiger partial charge is 0.496 e. The number of ether oxygens (including phenoxy) is 1. The Morgan fingerprint density at radius 2 is 2.00 bits per heavy atom. The van der Waals surface area contributed by atoms with Crippen molar-refractivity contribution < 1.29 is 14.3 Å². The van der Waals surface area contributed by atoms with Crippen LogP contribution >= 0.6 is 11.8 Å². The number of para-hydroxylation sites is 1. The third-order valence-corrected chi connectivity index (χ3v) is 4.26. The van der Waals surface area contributed by atoms with Gasteiger partial charge in [-0.15, -0.1) is 10.2 Å². The van der Waals surface area contributed by atoms with Gasteiger partial charge in [-0.1, -0.05) is 23.9 Å². The molecule has 0 fully saturated rings. The second-order valence-electron chi connectivity index (χ2n) is 4.80. The first kappa shape index (κ1) is 17.8.